The van der Waals surface area contributed by atoms with Crippen LogP contribution in [0.25, 0.3) is 11.3 Å². The van der Waals surface area contributed by atoms with Gasteiger partial charge in [0.2, 0.25) is 5.91 Å². The lowest BCUT2D eigenvalue weighted by molar-refractivity contribution is -0.120. The third kappa shape index (κ3) is 3.71. The van der Waals surface area contributed by atoms with Gasteiger partial charge in [0.1, 0.15) is 5.76 Å². The Morgan fingerprint density at radius 2 is 1.80 bits per heavy atom. The van der Waals surface area contributed by atoms with E-state index in [0.717, 1.165) is 56.9 Å². The van der Waals surface area contributed by atoms with Gasteiger partial charge >= 0.3 is 0 Å². The Morgan fingerprint density at radius 1 is 1.00 bits per heavy atom. The van der Waals surface area contributed by atoms with Crippen LogP contribution in [0.3, 0.4) is 0 Å². The molecule has 2 saturated heterocycles. The number of furan rings is 1. The van der Waals surface area contributed by atoms with E-state index in [1.165, 1.54) is 5.69 Å². The van der Waals surface area contributed by atoms with E-state index in [9.17, 15) is 4.79 Å². The minimum Gasteiger partial charge on any atom is -0.464 e. The maximum absolute atomic E-state index is 11.5. The number of benzene rings is 1. The number of nitrogens with one attached hydrogen (secondary N) is 1. The molecule has 3 heterocycles. The quantitative estimate of drug-likeness (QED) is 0.934. The van der Waals surface area contributed by atoms with Crippen LogP contribution in [0.1, 0.15) is 19.3 Å². The first-order valence-corrected chi connectivity index (χ1v) is 9.19. The summed E-state index contributed by atoms with van der Waals surface area (Å²) in [5, 5.41) is 2.97. The monoisotopic (exact) mass is 339 g/mol. The van der Waals surface area contributed by atoms with Crippen molar-refractivity contribution in [2.24, 2.45) is 0 Å². The highest BCUT2D eigenvalue weighted by Gasteiger charge is 2.26. The van der Waals surface area contributed by atoms with Crippen LogP contribution in [-0.2, 0) is 4.79 Å². The molecule has 4 rings (SSSR count). The second kappa shape index (κ2) is 7.31. The smallest absolute Gasteiger partial charge is 0.221 e. The number of anilines is 1. The highest BCUT2D eigenvalue weighted by Crippen LogP contribution is 2.26. The predicted molar refractivity (Wildman–Crippen MR) is 98.6 cm³/mol. The summed E-state index contributed by atoms with van der Waals surface area (Å²) in [7, 11) is 0. The first-order valence-electron chi connectivity index (χ1n) is 9.19. The first kappa shape index (κ1) is 16.2. The van der Waals surface area contributed by atoms with Crippen LogP contribution in [0.2, 0.25) is 0 Å². The van der Waals surface area contributed by atoms with Gasteiger partial charge in [-0.25, -0.2) is 0 Å². The zero-order valence-electron chi connectivity index (χ0n) is 14.5. The van der Waals surface area contributed by atoms with Crippen LogP contribution >= 0.6 is 0 Å². The first-order chi connectivity index (χ1) is 12.3. The van der Waals surface area contributed by atoms with Gasteiger partial charge in [0.15, 0.2) is 0 Å². The van der Waals surface area contributed by atoms with Crippen molar-refractivity contribution in [2.45, 2.75) is 25.3 Å². The number of amides is 1. The molecule has 1 aromatic carbocycles. The minimum atomic E-state index is 0.191. The molecule has 132 valence electrons. The maximum atomic E-state index is 11.5. The van der Waals surface area contributed by atoms with Crippen molar-refractivity contribution in [1.82, 2.24) is 10.2 Å². The topological polar surface area (TPSA) is 48.7 Å². The number of carbonyl (C=O) groups is 1. The van der Waals surface area contributed by atoms with Crippen molar-refractivity contribution in [3.05, 3.63) is 42.7 Å². The lowest BCUT2D eigenvalue weighted by Gasteiger charge is -2.39. The molecule has 1 aromatic heterocycles. The summed E-state index contributed by atoms with van der Waals surface area (Å²) in [4.78, 5) is 16.5. The largest absolute Gasteiger partial charge is 0.464 e. The zero-order valence-corrected chi connectivity index (χ0v) is 14.5. The molecule has 0 radical (unpaired) electrons. The van der Waals surface area contributed by atoms with Crippen LogP contribution in [0.15, 0.2) is 47.1 Å². The second-order valence-corrected chi connectivity index (χ2v) is 6.88. The van der Waals surface area contributed by atoms with Crippen LogP contribution < -0.4 is 10.2 Å². The van der Waals surface area contributed by atoms with E-state index < -0.39 is 0 Å². The Hall–Kier alpha value is -2.27. The van der Waals surface area contributed by atoms with E-state index in [2.05, 4.69) is 39.4 Å². The van der Waals surface area contributed by atoms with Gasteiger partial charge in [0, 0.05) is 56.4 Å². The van der Waals surface area contributed by atoms with E-state index in [-0.39, 0.29) is 5.91 Å². The molecule has 25 heavy (non-hydrogen) atoms. The van der Waals surface area contributed by atoms with Gasteiger partial charge < -0.3 is 14.6 Å². The minimum absolute atomic E-state index is 0.191. The summed E-state index contributed by atoms with van der Waals surface area (Å²) >= 11 is 0. The van der Waals surface area contributed by atoms with Crippen molar-refractivity contribution in [2.75, 3.05) is 37.6 Å². The van der Waals surface area contributed by atoms with E-state index in [4.69, 9.17) is 4.42 Å². The SMILES string of the molecule is O=C1CCN(C2CCN(c3ccc(-c4ccco4)cc3)CC2)CCN1. The molecule has 0 spiro atoms. The summed E-state index contributed by atoms with van der Waals surface area (Å²) in [5.41, 5.74) is 2.40. The average molecular weight is 339 g/mol. The number of nitrogens with zero attached hydrogens (tertiary/aromatic N) is 2. The van der Waals surface area contributed by atoms with Gasteiger partial charge in [-0.3, -0.25) is 9.69 Å². The van der Waals surface area contributed by atoms with Crippen LogP contribution in [0, 0.1) is 0 Å². The number of hydrogen-bond donors (Lipinski definition) is 1. The maximum Gasteiger partial charge on any atom is 0.221 e. The van der Waals surface area contributed by atoms with Gasteiger partial charge in [0.25, 0.3) is 0 Å². The third-order valence-electron chi connectivity index (χ3n) is 5.37. The number of carbonyl (C=O) groups excluding carboxylic acids is 1. The van der Waals surface area contributed by atoms with Crippen molar-refractivity contribution in [1.29, 1.82) is 0 Å². The molecule has 0 unspecified atom stereocenters. The normalized spacial score (nSPS) is 20.3. The van der Waals surface area contributed by atoms with Crippen LogP contribution in [-0.4, -0.2) is 49.6 Å². The number of hydrogen-bond acceptors (Lipinski definition) is 4. The Balaban J connectivity index is 1.34. The van der Waals surface area contributed by atoms with Gasteiger partial charge in [-0.2, -0.15) is 0 Å². The van der Waals surface area contributed by atoms with Crippen LogP contribution in [0.5, 0.6) is 0 Å². The third-order valence-corrected chi connectivity index (χ3v) is 5.37. The van der Waals surface area contributed by atoms with E-state index in [1.54, 1.807) is 6.26 Å². The molecule has 1 amide bonds. The molecular formula is C20H25N3O2. The predicted octanol–water partition coefficient (Wildman–Crippen LogP) is 2.74. The molecule has 0 saturated carbocycles. The molecule has 2 aromatic rings. The summed E-state index contributed by atoms with van der Waals surface area (Å²) in [6, 6.07) is 13.1. The van der Waals surface area contributed by atoms with Crippen molar-refractivity contribution < 1.29 is 9.21 Å². The van der Waals surface area contributed by atoms with Gasteiger partial charge in [-0.05, 0) is 49.2 Å². The summed E-state index contributed by atoms with van der Waals surface area (Å²) in [6.07, 6.45) is 4.66. The van der Waals surface area contributed by atoms with E-state index in [1.807, 2.05) is 12.1 Å². The highest BCUT2D eigenvalue weighted by atomic mass is 16.3. The number of rotatable bonds is 3. The fourth-order valence-electron chi connectivity index (χ4n) is 3.92. The van der Waals surface area contributed by atoms with Gasteiger partial charge in [0.05, 0.1) is 6.26 Å². The molecular weight excluding hydrogens is 314 g/mol. The fraction of sp³-hybridized carbons (Fsp3) is 0.450. The Kier molecular flexibility index (Phi) is 4.74. The molecule has 2 aliphatic heterocycles. The Labute approximate surface area is 148 Å². The Morgan fingerprint density at radius 3 is 2.52 bits per heavy atom. The summed E-state index contributed by atoms with van der Waals surface area (Å²) in [6.45, 7) is 4.81. The van der Waals surface area contributed by atoms with Crippen LogP contribution in [0.4, 0.5) is 5.69 Å². The highest BCUT2D eigenvalue weighted by molar-refractivity contribution is 5.76. The van der Waals surface area contributed by atoms with Crippen molar-refractivity contribution >= 4 is 11.6 Å². The lowest BCUT2D eigenvalue weighted by Crippen LogP contribution is -2.46. The molecule has 1 N–H and O–H groups in total. The molecule has 2 fully saturated rings. The van der Waals surface area contributed by atoms with E-state index in [0.29, 0.717) is 12.5 Å². The van der Waals surface area contributed by atoms with Gasteiger partial charge in [-0.1, -0.05) is 0 Å². The van der Waals surface area contributed by atoms with E-state index >= 15 is 0 Å². The van der Waals surface area contributed by atoms with Crippen molar-refractivity contribution in [3.63, 3.8) is 0 Å². The Bertz CT molecular complexity index is 688. The molecule has 5 heteroatoms. The molecule has 2 aliphatic rings. The van der Waals surface area contributed by atoms with Crippen molar-refractivity contribution in [3.8, 4) is 11.3 Å². The summed E-state index contributed by atoms with van der Waals surface area (Å²) in [5.74, 6) is 1.10. The zero-order chi connectivity index (χ0) is 17.1. The second-order valence-electron chi connectivity index (χ2n) is 6.88. The van der Waals surface area contributed by atoms with Gasteiger partial charge in [-0.15, -0.1) is 0 Å². The fourth-order valence-corrected chi connectivity index (χ4v) is 3.92. The average Bonchev–Trinajstić information content (AvgIpc) is 3.11. The molecule has 0 bridgehead atoms. The summed E-state index contributed by atoms with van der Waals surface area (Å²) < 4.78 is 5.46. The molecule has 5 nitrogen and oxygen atoms in total. The standard InChI is InChI=1S/C20H25N3O2/c24-20-9-13-23(14-10-21-20)18-7-11-22(12-8-18)17-5-3-16(4-6-17)19-2-1-15-25-19/h1-6,15,18H,7-14H2,(H,21,24). The molecule has 0 aliphatic carbocycles. The molecule has 0 atom stereocenters. The number of piperidine rings is 1. The lowest BCUT2D eigenvalue weighted by atomic mass is 10.0.